The van der Waals surface area contributed by atoms with Gasteiger partial charge in [0.05, 0.1) is 11.6 Å². The molecule has 1 aromatic carbocycles. The summed E-state index contributed by atoms with van der Waals surface area (Å²) in [6.45, 7) is 3.36. The van der Waals surface area contributed by atoms with E-state index >= 15 is 0 Å². The second kappa shape index (κ2) is 11.2. The molecule has 0 saturated carbocycles. The van der Waals surface area contributed by atoms with Crippen LogP contribution in [0.2, 0.25) is 0 Å². The van der Waals surface area contributed by atoms with Crippen LogP contribution in [0.15, 0.2) is 40.7 Å². The van der Waals surface area contributed by atoms with Gasteiger partial charge in [-0.25, -0.2) is 4.98 Å². The lowest BCUT2D eigenvalue weighted by molar-refractivity contribution is -0.140. The number of alkyl halides is 3. The highest BCUT2D eigenvalue weighted by Crippen LogP contribution is 2.29. The number of guanidine groups is 1. The molecule has 28 heavy (non-hydrogen) atoms. The average molecular weight is 433 g/mol. The average Bonchev–Trinajstić information content (AvgIpc) is 3.12. The minimum absolute atomic E-state index is 0.366. The highest BCUT2D eigenvalue weighted by Gasteiger charge is 2.33. The SMILES string of the molecule is CCNC(=NCCS(=O)Cc1ccccc1)NCCc1nc(C(F)(F)F)cs1. The molecule has 1 aromatic heterocycles. The fourth-order valence-corrected chi connectivity index (χ4v) is 4.09. The van der Waals surface area contributed by atoms with Crippen LogP contribution in [-0.4, -0.2) is 40.5 Å². The topological polar surface area (TPSA) is 66.4 Å². The number of nitrogens with zero attached hydrogens (tertiary/aromatic N) is 2. The molecule has 1 unspecified atom stereocenters. The van der Waals surface area contributed by atoms with Crippen LogP contribution in [0.5, 0.6) is 0 Å². The van der Waals surface area contributed by atoms with E-state index in [9.17, 15) is 17.4 Å². The zero-order chi connectivity index (χ0) is 20.4. The van der Waals surface area contributed by atoms with Crippen molar-refractivity contribution in [2.24, 2.45) is 4.99 Å². The molecule has 154 valence electrons. The lowest BCUT2D eigenvalue weighted by Gasteiger charge is -2.10. The summed E-state index contributed by atoms with van der Waals surface area (Å²) in [5, 5.41) is 7.57. The zero-order valence-electron chi connectivity index (χ0n) is 15.5. The molecule has 2 N–H and O–H groups in total. The number of halogens is 3. The van der Waals surface area contributed by atoms with Gasteiger partial charge in [-0.15, -0.1) is 11.3 Å². The van der Waals surface area contributed by atoms with Crippen LogP contribution < -0.4 is 10.6 Å². The van der Waals surface area contributed by atoms with E-state index in [0.717, 1.165) is 22.3 Å². The van der Waals surface area contributed by atoms with Crippen LogP contribution >= 0.6 is 11.3 Å². The first-order valence-electron chi connectivity index (χ1n) is 8.81. The van der Waals surface area contributed by atoms with Gasteiger partial charge in [-0.3, -0.25) is 9.20 Å². The number of hydrogen-bond acceptors (Lipinski definition) is 4. The molecule has 0 saturated heterocycles. The molecular weight excluding hydrogens is 409 g/mol. The van der Waals surface area contributed by atoms with Gasteiger partial charge >= 0.3 is 6.18 Å². The summed E-state index contributed by atoms with van der Waals surface area (Å²) in [6.07, 6.45) is -4.04. The third kappa shape index (κ3) is 7.97. The van der Waals surface area contributed by atoms with Gasteiger partial charge in [0, 0.05) is 47.2 Å². The number of thiazole rings is 1. The highest BCUT2D eigenvalue weighted by atomic mass is 32.2. The molecule has 0 aliphatic carbocycles. The van der Waals surface area contributed by atoms with Crippen LogP contribution in [0.25, 0.3) is 0 Å². The van der Waals surface area contributed by atoms with E-state index in [1.165, 1.54) is 0 Å². The minimum Gasteiger partial charge on any atom is -0.357 e. The lowest BCUT2D eigenvalue weighted by Crippen LogP contribution is -2.38. The molecule has 0 aliphatic heterocycles. The molecule has 0 radical (unpaired) electrons. The van der Waals surface area contributed by atoms with E-state index in [2.05, 4.69) is 20.6 Å². The monoisotopic (exact) mass is 432 g/mol. The molecule has 5 nitrogen and oxygen atoms in total. The normalized spacial score (nSPS) is 13.4. The molecular formula is C18H23F3N4OS2. The van der Waals surface area contributed by atoms with Gasteiger partial charge < -0.3 is 10.6 Å². The first kappa shape index (κ1) is 22.4. The van der Waals surface area contributed by atoms with Crippen molar-refractivity contribution in [1.29, 1.82) is 0 Å². The lowest BCUT2D eigenvalue weighted by atomic mass is 10.2. The zero-order valence-corrected chi connectivity index (χ0v) is 17.1. The summed E-state index contributed by atoms with van der Waals surface area (Å²) in [4.78, 5) is 7.98. The van der Waals surface area contributed by atoms with Crippen molar-refractivity contribution in [3.63, 3.8) is 0 Å². The molecule has 0 aliphatic rings. The van der Waals surface area contributed by atoms with Crippen LogP contribution in [0.3, 0.4) is 0 Å². The predicted octanol–water partition coefficient (Wildman–Crippen LogP) is 3.21. The Bertz CT molecular complexity index is 779. The Kier molecular flexibility index (Phi) is 8.91. The quantitative estimate of drug-likeness (QED) is 0.472. The van der Waals surface area contributed by atoms with Gasteiger partial charge in [0.1, 0.15) is 0 Å². The Morgan fingerprint density at radius 1 is 1.25 bits per heavy atom. The van der Waals surface area contributed by atoms with E-state index in [-0.39, 0.29) is 0 Å². The largest absolute Gasteiger partial charge is 0.434 e. The Morgan fingerprint density at radius 2 is 2.00 bits per heavy atom. The first-order valence-corrected chi connectivity index (χ1v) is 11.2. The molecule has 0 bridgehead atoms. The standard InChI is InChI=1S/C18H23F3N4OS2/c1-2-22-17(23-9-8-16-25-15(12-27-16)18(19,20)21)24-10-11-28(26)13-14-6-4-3-5-7-14/h3-7,12H,2,8-11,13H2,1H3,(H2,22,23,24). The fourth-order valence-electron chi connectivity index (χ4n) is 2.28. The molecule has 0 amide bonds. The summed E-state index contributed by atoms with van der Waals surface area (Å²) >= 11 is 0.992. The van der Waals surface area contributed by atoms with Crippen molar-refractivity contribution in [3.05, 3.63) is 52.0 Å². The Labute approximate surface area is 168 Å². The summed E-state index contributed by atoms with van der Waals surface area (Å²) in [5.41, 5.74) is 0.172. The molecule has 2 rings (SSSR count). The van der Waals surface area contributed by atoms with Crippen LogP contribution in [0.4, 0.5) is 13.2 Å². The number of aliphatic imine (C=N–C) groups is 1. The van der Waals surface area contributed by atoms with Crippen LogP contribution in [0.1, 0.15) is 23.2 Å². The van der Waals surface area contributed by atoms with E-state index in [0.29, 0.717) is 48.5 Å². The van der Waals surface area contributed by atoms with E-state index in [1.54, 1.807) is 0 Å². The van der Waals surface area contributed by atoms with E-state index < -0.39 is 22.7 Å². The maximum Gasteiger partial charge on any atom is 0.434 e. The number of benzene rings is 1. The van der Waals surface area contributed by atoms with Crippen molar-refractivity contribution in [1.82, 2.24) is 15.6 Å². The Hall–Kier alpha value is -1.94. The fraction of sp³-hybridized carbons (Fsp3) is 0.444. The number of aromatic nitrogens is 1. The van der Waals surface area contributed by atoms with Gasteiger partial charge in [0.25, 0.3) is 0 Å². The molecule has 1 atom stereocenters. The first-order chi connectivity index (χ1) is 13.4. The number of hydrogen-bond donors (Lipinski definition) is 2. The maximum absolute atomic E-state index is 12.6. The summed E-state index contributed by atoms with van der Waals surface area (Å²) in [5.74, 6) is 1.48. The molecule has 2 aromatic rings. The van der Waals surface area contributed by atoms with Crippen molar-refractivity contribution >= 4 is 28.1 Å². The summed E-state index contributed by atoms with van der Waals surface area (Å²) < 4.78 is 49.8. The summed E-state index contributed by atoms with van der Waals surface area (Å²) in [6, 6.07) is 9.63. The third-order valence-electron chi connectivity index (χ3n) is 3.58. The van der Waals surface area contributed by atoms with Crippen molar-refractivity contribution in [2.75, 3.05) is 25.4 Å². The molecule has 1 heterocycles. The highest BCUT2D eigenvalue weighted by molar-refractivity contribution is 7.84. The second-order valence-electron chi connectivity index (χ2n) is 5.84. The van der Waals surface area contributed by atoms with Crippen molar-refractivity contribution in [3.8, 4) is 0 Å². The van der Waals surface area contributed by atoms with Gasteiger partial charge in [-0.05, 0) is 12.5 Å². The number of rotatable bonds is 9. The Balaban J connectivity index is 1.77. The number of nitrogens with one attached hydrogen (secondary N) is 2. The molecule has 0 spiro atoms. The molecule has 10 heteroatoms. The van der Waals surface area contributed by atoms with Crippen molar-refractivity contribution < 1.29 is 17.4 Å². The summed E-state index contributed by atoms with van der Waals surface area (Å²) in [7, 11) is -1.01. The molecule has 0 fully saturated rings. The van der Waals surface area contributed by atoms with Gasteiger partial charge in [0.2, 0.25) is 0 Å². The third-order valence-corrected chi connectivity index (χ3v) is 5.78. The second-order valence-corrected chi connectivity index (χ2v) is 8.35. The minimum atomic E-state index is -4.41. The van der Waals surface area contributed by atoms with Gasteiger partial charge in [-0.2, -0.15) is 13.2 Å². The maximum atomic E-state index is 12.6. The van der Waals surface area contributed by atoms with E-state index in [1.807, 2.05) is 37.3 Å². The van der Waals surface area contributed by atoms with Gasteiger partial charge in [0.15, 0.2) is 11.7 Å². The van der Waals surface area contributed by atoms with E-state index in [4.69, 9.17) is 0 Å². The van der Waals surface area contributed by atoms with Crippen LogP contribution in [-0.2, 0) is 29.1 Å². The van der Waals surface area contributed by atoms with Crippen LogP contribution in [0, 0.1) is 0 Å². The van der Waals surface area contributed by atoms with Gasteiger partial charge in [-0.1, -0.05) is 30.3 Å². The van der Waals surface area contributed by atoms with Crippen molar-refractivity contribution in [2.45, 2.75) is 25.3 Å². The predicted molar refractivity (Wildman–Crippen MR) is 108 cm³/mol. The Morgan fingerprint density at radius 3 is 2.64 bits per heavy atom. The smallest absolute Gasteiger partial charge is 0.357 e.